The number of hydrogen-bond donors (Lipinski definition) is 0. The second-order valence-electron chi connectivity index (χ2n) is 8.11. The van der Waals surface area contributed by atoms with Crippen LogP contribution in [0, 0.1) is 0 Å². The second kappa shape index (κ2) is 10.5. The zero-order chi connectivity index (χ0) is 21.6. The van der Waals surface area contributed by atoms with E-state index in [2.05, 4.69) is 59.8 Å². The Morgan fingerprint density at radius 3 is 2.71 bits per heavy atom. The normalized spacial score (nSPS) is 14.8. The first-order chi connectivity index (χ1) is 15.2. The van der Waals surface area contributed by atoms with Crippen LogP contribution in [0.5, 0.6) is 0 Å². The van der Waals surface area contributed by atoms with Crippen LogP contribution in [0.3, 0.4) is 0 Å². The number of ether oxygens (including phenoxy) is 1. The molecule has 3 aromatic rings. The number of morpholine rings is 1. The summed E-state index contributed by atoms with van der Waals surface area (Å²) in [4.78, 5) is 14.5. The summed E-state index contributed by atoms with van der Waals surface area (Å²) in [5, 5.41) is 5.40. The first kappa shape index (κ1) is 22.2. The van der Waals surface area contributed by atoms with Crippen molar-refractivity contribution in [2.45, 2.75) is 24.7 Å². The lowest BCUT2D eigenvalue weighted by molar-refractivity contribution is 0.0377. The van der Waals surface area contributed by atoms with Gasteiger partial charge in [-0.15, -0.1) is 0 Å². The SMILES string of the molecule is Bc1cnn2c(N(CCCN3CCOCC3)B(C)Cc3ccccc3)nc(SC)nc12. The Kier molecular flexibility index (Phi) is 7.53. The zero-order valence-corrected chi connectivity index (χ0v) is 19.5. The predicted molar refractivity (Wildman–Crippen MR) is 132 cm³/mol. The van der Waals surface area contributed by atoms with E-state index in [9.17, 15) is 0 Å². The van der Waals surface area contributed by atoms with Crippen LogP contribution in [0.1, 0.15) is 12.0 Å². The quantitative estimate of drug-likeness (QED) is 0.367. The minimum atomic E-state index is 0.282. The van der Waals surface area contributed by atoms with E-state index in [1.54, 1.807) is 11.8 Å². The lowest BCUT2D eigenvalue weighted by Crippen LogP contribution is -2.44. The summed E-state index contributed by atoms with van der Waals surface area (Å²) in [5.41, 5.74) is 3.29. The lowest BCUT2D eigenvalue weighted by Gasteiger charge is -2.31. The smallest absolute Gasteiger partial charge is 0.259 e. The van der Waals surface area contributed by atoms with Crippen LogP contribution < -0.4 is 10.3 Å². The molecule has 1 fully saturated rings. The maximum Gasteiger partial charge on any atom is 0.259 e. The molecule has 31 heavy (non-hydrogen) atoms. The van der Waals surface area contributed by atoms with Gasteiger partial charge < -0.3 is 9.55 Å². The molecule has 0 amide bonds. The van der Waals surface area contributed by atoms with Crippen LogP contribution in [0.25, 0.3) is 5.65 Å². The number of nitrogens with zero attached hydrogens (tertiary/aromatic N) is 6. The largest absolute Gasteiger partial charge is 0.384 e. The molecular weight excluding hydrogens is 406 g/mol. The van der Waals surface area contributed by atoms with E-state index in [-0.39, 0.29) is 6.85 Å². The molecule has 3 heterocycles. The molecule has 0 spiro atoms. The summed E-state index contributed by atoms with van der Waals surface area (Å²) in [6.07, 6.45) is 5.93. The van der Waals surface area contributed by atoms with Crippen molar-refractivity contribution < 1.29 is 4.74 Å². The molecule has 0 unspecified atom stereocenters. The number of hydrogen-bond acceptors (Lipinski definition) is 7. The van der Waals surface area contributed by atoms with E-state index in [0.717, 1.165) is 74.3 Å². The van der Waals surface area contributed by atoms with Crippen molar-refractivity contribution in [1.29, 1.82) is 0 Å². The minimum Gasteiger partial charge on any atom is -0.384 e. The van der Waals surface area contributed by atoms with Crippen LogP contribution in [0.15, 0.2) is 41.7 Å². The van der Waals surface area contributed by atoms with Gasteiger partial charge in [0.2, 0.25) is 5.95 Å². The van der Waals surface area contributed by atoms with Crippen LogP contribution in [-0.4, -0.2) is 84.8 Å². The average Bonchev–Trinajstić information content (AvgIpc) is 3.18. The van der Waals surface area contributed by atoms with E-state index in [1.165, 1.54) is 5.56 Å². The maximum absolute atomic E-state index is 5.49. The Bertz CT molecular complexity index is 983. The second-order valence-corrected chi connectivity index (χ2v) is 8.89. The van der Waals surface area contributed by atoms with E-state index >= 15 is 0 Å². The van der Waals surface area contributed by atoms with Gasteiger partial charge in [-0.1, -0.05) is 54.5 Å². The number of fused-ring (bicyclic) bond motifs is 1. The highest BCUT2D eigenvalue weighted by Crippen LogP contribution is 2.20. The summed E-state index contributed by atoms with van der Waals surface area (Å²) < 4.78 is 7.40. The summed E-state index contributed by atoms with van der Waals surface area (Å²) in [6, 6.07) is 10.7. The first-order valence-electron chi connectivity index (χ1n) is 11.0. The van der Waals surface area contributed by atoms with Crippen LogP contribution >= 0.6 is 11.8 Å². The third kappa shape index (κ3) is 5.42. The zero-order valence-electron chi connectivity index (χ0n) is 18.7. The van der Waals surface area contributed by atoms with Gasteiger partial charge in [0.25, 0.3) is 6.85 Å². The van der Waals surface area contributed by atoms with Gasteiger partial charge in [-0.25, -0.2) is 4.98 Å². The molecule has 1 aliphatic heterocycles. The fraction of sp³-hybridized carbons (Fsp3) is 0.476. The number of rotatable bonds is 9. The number of thioether (sulfide) groups is 1. The fourth-order valence-electron chi connectivity index (χ4n) is 4.10. The Morgan fingerprint density at radius 1 is 1.19 bits per heavy atom. The van der Waals surface area contributed by atoms with Crippen LogP contribution in [0.4, 0.5) is 5.95 Å². The van der Waals surface area contributed by atoms with E-state index in [1.807, 2.05) is 17.0 Å². The molecule has 1 aliphatic rings. The minimum absolute atomic E-state index is 0.282. The van der Waals surface area contributed by atoms with Gasteiger partial charge in [-0.3, -0.25) is 4.90 Å². The highest BCUT2D eigenvalue weighted by molar-refractivity contribution is 7.98. The molecule has 0 atom stereocenters. The van der Waals surface area contributed by atoms with Gasteiger partial charge in [0.1, 0.15) is 7.85 Å². The third-order valence-corrected chi connectivity index (χ3v) is 6.38. The number of benzene rings is 1. The van der Waals surface area contributed by atoms with E-state index < -0.39 is 0 Å². The van der Waals surface area contributed by atoms with Gasteiger partial charge >= 0.3 is 0 Å². The van der Waals surface area contributed by atoms with Crippen molar-refractivity contribution in [1.82, 2.24) is 24.5 Å². The van der Waals surface area contributed by atoms with Gasteiger partial charge in [-0.2, -0.15) is 14.6 Å². The summed E-state index contributed by atoms with van der Waals surface area (Å²) >= 11 is 1.58. The Balaban J connectivity index is 1.60. The van der Waals surface area contributed by atoms with Crippen molar-refractivity contribution in [2.75, 3.05) is 50.5 Å². The molecule has 2 aromatic heterocycles. The summed E-state index contributed by atoms with van der Waals surface area (Å²) in [7, 11) is 2.05. The molecule has 10 heteroatoms. The van der Waals surface area contributed by atoms with Crippen molar-refractivity contribution in [2.24, 2.45) is 0 Å². The van der Waals surface area contributed by atoms with Gasteiger partial charge in [0.15, 0.2) is 10.8 Å². The molecule has 0 aliphatic carbocycles. The standard InChI is InChI=1S/C21H30B2N6OS/c1-23(15-17-7-4-3-5-8-17)28(10-6-9-27-11-13-30-14-12-27)21-26-20(31-2)25-19-18(22)16-24-29(19)21/h3-5,7-8,16H,6,9-15,22H2,1-2H3. The van der Waals surface area contributed by atoms with Crippen molar-refractivity contribution in [3.05, 3.63) is 42.1 Å². The molecular formula is C21H30B2N6OS. The first-order valence-corrected chi connectivity index (χ1v) is 12.2. The van der Waals surface area contributed by atoms with Crippen LogP contribution in [0.2, 0.25) is 6.82 Å². The average molecular weight is 436 g/mol. The molecule has 0 N–H and O–H groups in total. The molecule has 1 aromatic carbocycles. The number of aromatic nitrogens is 4. The molecule has 0 bridgehead atoms. The fourth-order valence-corrected chi connectivity index (χ4v) is 4.45. The van der Waals surface area contributed by atoms with E-state index in [0.29, 0.717) is 0 Å². The lowest BCUT2D eigenvalue weighted by atomic mass is 9.58. The highest BCUT2D eigenvalue weighted by atomic mass is 32.2. The molecule has 0 radical (unpaired) electrons. The maximum atomic E-state index is 5.49. The monoisotopic (exact) mass is 436 g/mol. The Labute approximate surface area is 190 Å². The summed E-state index contributed by atoms with van der Waals surface area (Å²) in [5.74, 6) is 0.882. The molecule has 0 saturated carbocycles. The van der Waals surface area contributed by atoms with Crippen LogP contribution in [-0.2, 0) is 11.1 Å². The van der Waals surface area contributed by atoms with Crippen molar-refractivity contribution in [3.63, 3.8) is 0 Å². The van der Waals surface area contributed by atoms with Gasteiger partial charge in [0, 0.05) is 25.8 Å². The van der Waals surface area contributed by atoms with Crippen molar-refractivity contribution >= 4 is 43.5 Å². The Hall–Kier alpha value is -2.03. The molecule has 162 valence electrons. The molecule has 4 rings (SSSR count). The summed E-state index contributed by atoms with van der Waals surface area (Å²) in [6.45, 7) is 8.27. The van der Waals surface area contributed by atoms with Gasteiger partial charge in [0.05, 0.1) is 13.2 Å². The third-order valence-electron chi connectivity index (χ3n) is 5.83. The highest BCUT2D eigenvalue weighted by Gasteiger charge is 2.25. The predicted octanol–water partition coefficient (Wildman–Crippen LogP) is 1.04. The molecule has 1 saturated heterocycles. The topological polar surface area (TPSA) is 58.8 Å². The van der Waals surface area contributed by atoms with E-state index in [4.69, 9.17) is 14.7 Å². The van der Waals surface area contributed by atoms with Crippen molar-refractivity contribution in [3.8, 4) is 0 Å². The number of anilines is 1. The Morgan fingerprint density at radius 2 is 1.97 bits per heavy atom. The van der Waals surface area contributed by atoms with Gasteiger partial charge in [-0.05, 0) is 31.0 Å². The molecule has 7 nitrogen and oxygen atoms in total.